The summed E-state index contributed by atoms with van der Waals surface area (Å²) in [6.45, 7) is 1.90. The Morgan fingerprint density at radius 3 is 2.59 bits per heavy atom. The van der Waals surface area contributed by atoms with Crippen LogP contribution in [0.1, 0.15) is 11.1 Å². The van der Waals surface area contributed by atoms with E-state index in [4.69, 9.17) is 10.5 Å². The van der Waals surface area contributed by atoms with Gasteiger partial charge in [-0.3, -0.25) is 0 Å². The highest BCUT2D eigenvalue weighted by Crippen LogP contribution is 2.28. The molecule has 2 rings (SSSR count). The summed E-state index contributed by atoms with van der Waals surface area (Å²) in [5.74, 6) is 1.42. The summed E-state index contributed by atoms with van der Waals surface area (Å²) in [4.78, 5) is 0. The van der Waals surface area contributed by atoms with Crippen molar-refractivity contribution in [3.63, 3.8) is 0 Å². The van der Waals surface area contributed by atoms with Crippen LogP contribution in [0, 0.1) is 6.92 Å². The molecule has 0 aliphatic heterocycles. The molecule has 3 nitrogen and oxygen atoms in total. The monoisotopic (exact) mass is 229 g/mol. The zero-order valence-electron chi connectivity index (χ0n) is 9.68. The van der Waals surface area contributed by atoms with Crippen molar-refractivity contribution >= 4 is 5.69 Å². The lowest BCUT2D eigenvalue weighted by Gasteiger charge is -2.11. The molecule has 0 fully saturated rings. The lowest BCUT2D eigenvalue weighted by molar-refractivity contribution is 0.276. The molecule has 2 aromatic carbocycles. The van der Waals surface area contributed by atoms with Gasteiger partial charge in [0.1, 0.15) is 11.5 Å². The van der Waals surface area contributed by atoms with Gasteiger partial charge in [-0.2, -0.15) is 0 Å². The predicted octanol–water partition coefficient (Wildman–Crippen LogP) is 2.86. The summed E-state index contributed by atoms with van der Waals surface area (Å²) in [6.07, 6.45) is 0. The number of benzene rings is 2. The molecular formula is C14H15NO2. The Kier molecular flexibility index (Phi) is 3.30. The smallest absolute Gasteiger partial charge is 0.132 e. The Morgan fingerprint density at radius 2 is 1.88 bits per heavy atom. The van der Waals surface area contributed by atoms with Crippen molar-refractivity contribution in [1.29, 1.82) is 0 Å². The topological polar surface area (TPSA) is 55.5 Å². The Bertz CT molecular complexity index is 523. The Balaban J connectivity index is 2.31. The SMILES string of the molecule is Cc1cc(N)ccc1Oc1ccccc1CO. The van der Waals surface area contributed by atoms with Gasteiger partial charge in [-0.15, -0.1) is 0 Å². The van der Waals surface area contributed by atoms with E-state index in [2.05, 4.69) is 0 Å². The van der Waals surface area contributed by atoms with Gasteiger partial charge in [0, 0.05) is 11.3 Å². The van der Waals surface area contributed by atoms with Gasteiger partial charge < -0.3 is 15.6 Å². The largest absolute Gasteiger partial charge is 0.457 e. The van der Waals surface area contributed by atoms with Crippen LogP contribution in [0.4, 0.5) is 5.69 Å². The van der Waals surface area contributed by atoms with Crippen LogP contribution in [0.3, 0.4) is 0 Å². The fraction of sp³-hybridized carbons (Fsp3) is 0.143. The molecule has 3 heteroatoms. The van der Waals surface area contributed by atoms with E-state index in [9.17, 15) is 5.11 Å². The first-order valence-electron chi connectivity index (χ1n) is 5.43. The number of aryl methyl sites for hydroxylation is 1. The molecule has 0 aliphatic carbocycles. The van der Waals surface area contributed by atoms with Gasteiger partial charge >= 0.3 is 0 Å². The molecule has 0 aromatic heterocycles. The minimum Gasteiger partial charge on any atom is -0.457 e. The van der Waals surface area contributed by atoms with E-state index in [-0.39, 0.29) is 6.61 Å². The number of nitrogens with two attached hydrogens (primary N) is 1. The van der Waals surface area contributed by atoms with Crippen LogP contribution in [0.25, 0.3) is 0 Å². The highest BCUT2D eigenvalue weighted by Gasteiger charge is 2.05. The maximum Gasteiger partial charge on any atom is 0.132 e. The highest BCUT2D eigenvalue weighted by atomic mass is 16.5. The second-order valence-electron chi connectivity index (χ2n) is 3.89. The molecule has 0 amide bonds. The van der Waals surface area contributed by atoms with E-state index in [0.29, 0.717) is 11.4 Å². The van der Waals surface area contributed by atoms with Crippen LogP contribution in [0.5, 0.6) is 11.5 Å². The Hall–Kier alpha value is -2.00. The van der Waals surface area contributed by atoms with Crippen molar-refractivity contribution in [2.45, 2.75) is 13.5 Å². The third kappa shape index (κ3) is 2.57. The zero-order chi connectivity index (χ0) is 12.3. The number of aliphatic hydroxyl groups excluding tert-OH is 1. The summed E-state index contributed by atoms with van der Waals surface area (Å²) in [5, 5.41) is 9.21. The lowest BCUT2D eigenvalue weighted by Crippen LogP contribution is -1.94. The summed E-state index contributed by atoms with van der Waals surface area (Å²) in [6, 6.07) is 12.9. The molecule has 17 heavy (non-hydrogen) atoms. The van der Waals surface area contributed by atoms with Crippen molar-refractivity contribution in [3.8, 4) is 11.5 Å². The molecule has 3 N–H and O–H groups in total. The molecule has 0 heterocycles. The number of hydrogen-bond donors (Lipinski definition) is 2. The first-order chi connectivity index (χ1) is 8.20. The maximum atomic E-state index is 9.21. The van der Waals surface area contributed by atoms with E-state index >= 15 is 0 Å². The van der Waals surface area contributed by atoms with Gasteiger partial charge in [0.2, 0.25) is 0 Å². The molecule has 0 radical (unpaired) electrons. The zero-order valence-corrected chi connectivity index (χ0v) is 9.68. The second-order valence-corrected chi connectivity index (χ2v) is 3.89. The second kappa shape index (κ2) is 4.89. The Morgan fingerprint density at radius 1 is 1.12 bits per heavy atom. The molecule has 0 spiro atoms. The first kappa shape index (κ1) is 11.5. The number of ether oxygens (including phenoxy) is 1. The minimum absolute atomic E-state index is 0.0375. The van der Waals surface area contributed by atoms with Crippen molar-refractivity contribution in [2.75, 3.05) is 5.73 Å². The van der Waals surface area contributed by atoms with E-state index < -0.39 is 0 Å². The van der Waals surface area contributed by atoms with Crippen molar-refractivity contribution < 1.29 is 9.84 Å². The quantitative estimate of drug-likeness (QED) is 0.796. The Labute approximate surface area is 100 Å². The van der Waals surface area contributed by atoms with Crippen molar-refractivity contribution in [2.24, 2.45) is 0 Å². The molecule has 2 aromatic rings. The number of aliphatic hydroxyl groups is 1. The van der Waals surface area contributed by atoms with E-state index in [1.54, 1.807) is 6.07 Å². The fourth-order valence-electron chi connectivity index (χ4n) is 1.64. The predicted molar refractivity (Wildman–Crippen MR) is 68.0 cm³/mol. The number of rotatable bonds is 3. The first-order valence-corrected chi connectivity index (χ1v) is 5.43. The third-order valence-corrected chi connectivity index (χ3v) is 2.56. The number of anilines is 1. The average molecular weight is 229 g/mol. The van der Waals surface area contributed by atoms with Gasteiger partial charge in [-0.05, 0) is 36.8 Å². The van der Waals surface area contributed by atoms with Crippen molar-refractivity contribution in [3.05, 3.63) is 53.6 Å². The van der Waals surface area contributed by atoms with Crippen LogP contribution in [0.2, 0.25) is 0 Å². The van der Waals surface area contributed by atoms with E-state index in [1.165, 1.54) is 0 Å². The number of para-hydroxylation sites is 1. The average Bonchev–Trinajstić information content (AvgIpc) is 2.33. The standard InChI is InChI=1S/C14H15NO2/c1-10-8-12(15)6-7-13(10)17-14-5-3-2-4-11(14)9-16/h2-8,16H,9,15H2,1H3. The van der Waals surface area contributed by atoms with Crippen LogP contribution in [-0.4, -0.2) is 5.11 Å². The maximum absolute atomic E-state index is 9.21. The van der Waals surface area contributed by atoms with Crippen LogP contribution < -0.4 is 10.5 Å². The van der Waals surface area contributed by atoms with Gasteiger partial charge in [0.15, 0.2) is 0 Å². The molecule has 0 unspecified atom stereocenters. The normalized spacial score (nSPS) is 10.2. The summed E-state index contributed by atoms with van der Waals surface area (Å²) >= 11 is 0. The van der Waals surface area contributed by atoms with Crippen LogP contribution in [0.15, 0.2) is 42.5 Å². The third-order valence-electron chi connectivity index (χ3n) is 2.56. The molecule has 88 valence electrons. The molecule has 0 atom stereocenters. The van der Waals surface area contributed by atoms with E-state index in [1.807, 2.05) is 43.3 Å². The highest BCUT2D eigenvalue weighted by molar-refractivity contribution is 5.49. The molecule has 0 saturated heterocycles. The van der Waals surface area contributed by atoms with Gasteiger partial charge in [0.25, 0.3) is 0 Å². The van der Waals surface area contributed by atoms with Crippen LogP contribution >= 0.6 is 0 Å². The molecular weight excluding hydrogens is 214 g/mol. The van der Waals surface area contributed by atoms with Gasteiger partial charge in [-0.1, -0.05) is 18.2 Å². The summed E-state index contributed by atoms with van der Waals surface area (Å²) < 4.78 is 5.77. The summed E-state index contributed by atoms with van der Waals surface area (Å²) in [7, 11) is 0. The van der Waals surface area contributed by atoms with Crippen LogP contribution in [-0.2, 0) is 6.61 Å². The summed E-state index contributed by atoms with van der Waals surface area (Å²) in [5.41, 5.74) is 8.13. The van der Waals surface area contributed by atoms with Gasteiger partial charge in [-0.25, -0.2) is 0 Å². The lowest BCUT2D eigenvalue weighted by atomic mass is 10.2. The van der Waals surface area contributed by atoms with Crippen molar-refractivity contribution in [1.82, 2.24) is 0 Å². The molecule has 0 saturated carbocycles. The number of hydrogen-bond acceptors (Lipinski definition) is 3. The number of nitrogen functional groups attached to an aromatic ring is 1. The fourth-order valence-corrected chi connectivity index (χ4v) is 1.64. The van der Waals surface area contributed by atoms with E-state index in [0.717, 1.165) is 16.9 Å². The molecule has 0 bridgehead atoms. The minimum atomic E-state index is -0.0375. The van der Waals surface area contributed by atoms with Gasteiger partial charge in [0.05, 0.1) is 6.61 Å². The molecule has 0 aliphatic rings.